The second kappa shape index (κ2) is 8.86. The molecule has 0 bridgehead atoms. The number of nitrogens with one attached hydrogen (secondary N) is 3. The first-order chi connectivity index (χ1) is 11.7. The van der Waals surface area contributed by atoms with Crippen molar-refractivity contribution in [3.63, 3.8) is 0 Å². The van der Waals surface area contributed by atoms with Crippen molar-refractivity contribution < 1.29 is 28.7 Å². The monoisotopic (exact) mass is 353 g/mol. The first-order valence-corrected chi connectivity index (χ1v) is 7.88. The van der Waals surface area contributed by atoms with Gasteiger partial charge in [-0.25, -0.2) is 14.4 Å². The molecular weight excluding hydrogens is 330 g/mol. The van der Waals surface area contributed by atoms with Crippen LogP contribution in [0.1, 0.15) is 52.9 Å². The summed E-state index contributed by atoms with van der Waals surface area (Å²) in [4.78, 5) is 50.1. The molecule has 0 radical (unpaired) electrons. The Kier molecular flexibility index (Phi) is 7.16. The molecule has 0 aliphatic rings. The molecule has 0 unspecified atom stereocenters. The summed E-state index contributed by atoms with van der Waals surface area (Å²) in [6.45, 7) is 8.48. The number of carbonyl (C=O) groups is 4. The number of H-pyrrole nitrogens is 1. The quantitative estimate of drug-likeness (QED) is 0.660. The van der Waals surface area contributed by atoms with Crippen molar-refractivity contribution in [2.24, 2.45) is 0 Å². The predicted molar refractivity (Wildman–Crippen MR) is 88.3 cm³/mol. The van der Waals surface area contributed by atoms with Crippen LogP contribution in [-0.4, -0.2) is 48.1 Å². The van der Waals surface area contributed by atoms with Crippen molar-refractivity contribution in [3.05, 3.63) is 22.5 Å². The summed E-state index contributed by atoms with van der Waals surface area (Å²) in [7, 11) is 0. The minimum Gasteiger partial charge on any atom is -0.462 e. The number of imide groups is 1. The molecule has 3 N–H and O–H groups in total. The number of hydrogen-bond acceptors (Lipinski definition) is 6. The standard InChI is InChI=1S/C16H23N3O6/c1-6-17-16(23)19-13(20)10(5)25-15(22)12-8(3)11(9(4)18-12)14(21)24-7-2/h10,18H,6-7H2,1-5H3,(H2,17,19,20,23)/t10-/m0/s1. The number of esters is 2. The van der Waals surface area contributed by atoms with Crippen LogP contribution in [0, 0.1) is 13.8 Å². The van der Waals surface area contributed by atoms with Gasteiger partial charge in [-0.2, -0.15) is 0 Å². The number of urea groups is 1. The van der Waals surface area contributed by atoms with E-state index in [2.05, 4.69) is 15.6 Å². The van der Waals surface area contributed by atoms with Gasteiger partial charge in [0.15, 0.2) is 6.10 Å². The number of rotatable bonds is 6. The van der Waals surface area contributed by atoms with Crippen molar-refractivity contribution in [3.8, 4) is 0 Å². The molecular formula is C16H23N3O6. The van der Waals surface area contributed by atoms with Gasteiger partial charge in [0.25, 0.3) is 5.91 Å². The zero-order valence-corrected chi connectivity index (χ0v) is 14.9. The largest absolute Gasteiger partial charge is 0.462 e. The smallest absolute Gasteiger partial charge is 0.355 e. The molecule has 1 aromatic heterocycles. The van der Waals surface area contributed by atoms with Gasteiger partial charge in [0.05, 0.1) is 12.2 Å². The summed E-state index contributed by atoms with van der Waals surface area (Å²) in [5, 5.41) is 4.44. The van der Waals surface area contributed by atoms with Crippen LogP contribution in [0.4, 0.5) is 4.79 Å². The average Bonchev–Trinajstić information content (AvgIpc) is 2.82. The number of hydrogen-bond donors (Lipinski definition) is 3. The summed E-state index contributed by atoms with van der Waals surface area (Å²) in [5.41, 5.74) is 1.14. The summed E-state index contributed by atoms with van der Waals surface area (Å²) < 4.78 is 10.0. The normalized spacial score (nSPS) is 11.4. The van der Waals surface area contributed by atoms with E-state index in [0.717, 1.165) is 0 Å². The van der Waals surface area contributed by atoms with Crippen molar-refractivity contribution in [2.75, 3.05) is 13.2 Å². The molecule has 0 saturated carbocycles. The van der Waals surface area contributed by atoms with E-state index in [9.17, 15) is 19.2 Å². The van der Waals surface area contributed by atoms with Gasteiger partial charge in [-0.05, 0) is 40.2 Å². The van der Waals surface area contributed by atoms with E-state index in [4.69, 9.17) is 9.47 Å². The minimum absolute atomic E-state index is 0.0539. The van der Waals surface area contributed by atoms with E-state index in [0.29, 0.717) is 17.8 Å². The molecule has 1 heterocycles. The third-order valence-corrected chi connectivity index (χ3v) is 3.35. The molecule has 0 aliphatic carbocycles. The number of aromatic nitrogens is 1. The highest BCUT2D eigenvalue weighted by molar-refractivity contribution is 6.00. The molecule has 0 fully saturated rings. The maximum atomic E-state index is 12.3. The fraction of sp³-hybridized carbons (Fsp3) is 0.500. The van der Waals surface area contributed by atoms with Crippen LogP contribution in [0.5, 0.6) is 0 Å². The summed E-state index contributed by atoms with van der Waals surface area (Å²) in [6, 6.07) is -0.674. The molecule has 138 valence electrons. The van der Waals surface area contributed by atoms with Gasteiger partial charge in [-0.1, -0.05) is 0 Å². The fourth-order valence-corrected chi connectivity index (χ4v) is 2.15. The predicted octanol–water partition coefficient (Wildman–Crippen LogP) is 1.20. The average molecular weight is 353 g/mol. The number of amides is 3. The zero-order valence-electron chi connectivity index (χ0n) is 14.9. The molecule has 9 heteroatoms. The van der Waals surface area contributed by atoms with E-state index in [1.54, 1.807) is 27.7 Å². The second-order valence-electron chi connectivity index (χ2n) is 5.24. The van der Waals surface area contributed by atoms with Crippen LogP contribution in [0.15, 0.2) is 0 Å². The third kappa shape index (κ3) is 5.07. The molecule has 1 rings (SSSR count). The van der Waals surface area contributed by atoms with Crippen molar-refractivity contribution in [1.29, 1.82) is 0 Å². The Bertz CT molecular complexity index is 680. The fourth-order valence-electron chi connectivity index (χ4n) is 2.15. The second-order valence-corrected chi connectivity index (χ2v) is 5.24. The molecule has 0 saturated heterocycles. The molecule has 0 aromatic carbocycles. The van der Waals surface area contributed by atoms with Gasteiger partial charge >= 0.3 is 18.0 Å². The Morgan fingerprint density at radius 3 is 2.32 bits per heavy atom. The molecule has 0 spiro atoms. The number of ether oxygens (including phenoxy) is 2. The summed E-state index contributed by atoms with van der Waals surface area (Å²) >= 11 is 0. The maximum absolute atomic E-state index is 12.3. The van der Waals surface area contributed by atoms with Gasteiger partial charge in [0, 0.05) is 12.2 Å². The van der Waals surface area contributed by atoms with Gasteiger partial charge in [0.1, 0.15) is 5.69 Å². The van der Waals surface area contributed by atoms with Crippen LogP contribution in [0.25, 0.3) is 0 Å². The molecule has 3 amide bonds. The zero-order chi connectivity index (χ0) is 19.1. The Morgan fingerprint density at radius 1 is 1.12 bits per heavy atom. The van der Waals surface area contributed by atoms with Crippen molar-refractivity contribution in [1.82, 2.24) is 15.6 Å². The van der Waals surface area contributed by atoms with Crippen LogP contribution in [0.2, 0.25) is 0 Å². The maximum Gasteiger partial charge on any atom is 0.355 e. The van der Waals surface area contributed by atoms with E-state index >= 15 is 0 Å². The van der Waals surface area contributed by atoms with E-state index in [-0.39, 0.29) is 17.9 Å². The molecule has 25 heavy (non-hydrogen) atoms. The minimum atomic E-state index is -1.19. The highest BCUT2D eigenvalue weighted by Crippen LogP contribution is 2.20. The van der Waals surface area contributed by atoms with Crippen LogP contribution < -0.4 is 10.6 Å². The SMILES string of the molecule is CCNC(=O)NC(=O)[C@H](C)OC(=O)c1[nH]c(C)c(C(=O)OCC)c1C. The van der Waals surface area contributed by atoms with Crippen molar-refractivity contribution >= 4 is 23.9 Å². The van der Waals surface area contributed by atoms with E-state index in [1.807, 2.05) is 0 Å². The Labute approximate surface area is 145 Å². The lowest BCUT2D eigenvalue weighted by molar-refractivity contribution is -0.127. The molecule has 9 nitrogen and oxygen atoms in total. The number of carbonyl (C=O) groups excluding carboxylic acids is 4. The first-order valence-electron chi connectivity index (χ1n) is 7.88. The Balaban J connectivity index is 2.84. The van der Waals surface area contributed by atoms with E-state index in [1.165, 1.54) is 6.92 Å². The van der Waals surface area contributed by atoms with Gasteiger partial charge in [0.2, 0.25) is 0 Å². The highest BCUT2D eigenvalue weighted by Gasteiger charge is 2.26. The summed E-state index contributed by atoms with van der Waals surface area (Å²) in [5.74, 6) is -2.12. The van der Waals surface area contributed by atoms with Gasteiger partial charge in [-0.3, -0.25) is 10.1 Å². The molecule has 0 aliphatic heterocycles. The molecule has 1 atom stereocenters. The molecule has 1 aromatic rings. The topological polar surface area (TPSA) is 127 Å². The van der Waals surface area contributed by atoms with E-state index < -0.39 is 30.0 Å². The lowest BCUT2D eigenvalue weighted by atomic mass is 10.1. The van der Waals surface area contributed by atoms with Gasteiger partial charge in [-0.15, -0.1) is 0 Å². The Hall–Kier alpha value is -2.84. The third-order valence-electron chi connectivity index (χ3n) is 3.35. The lowest BCUT2D eigenvalue weighted by Crippen LogP contribution is -2.44. The first kappa shape index (κ1) is 20.2. The van der Waals surface area contributed by atoms with Crippen LogP contribution >= 0.6 is 0 Å². The van der Waals surface area contributed by atoms with Crippen molar-refractivity contribution in [2.45, 2.75) is 40.7 Å². The highest BCUT2D eigenvalue weighted by atomic mass is 16.5. The Morgan fingerprint density at radius 2 is 1.76 bits per heavy atom. The lowest BCUT2D eigenvalue weighted by Gasteiger charge is -2.13. The van der Waals surface area contributed by atoms with Crippen LogP contribution in [0.3, 0.4) is 0 Å². The van der Waals surface area contributed by atoms with Crippen LogP contribution in [-0.2, 0) is 14.3 Å². The number of aryl methyl sites for hydroxylation is 1. The summed E-state index contributed by atoms with van der Waals surface area (Å²) in [6.07, 6.45) is -1.19. The number of aromatic amines is 1. The van der Waals surface area contributed by atoms with Gasteiger partial charge < -0.3 is 19.8 Å².